The van der Waals surface area contributed by atoms with Crippen LogP contribution in [0.2, 0.25) is 10.0 Å². The molecule has 0 radical (unpaired) electrons. The SMILES string of the molecule is C[C@]1([C@@H](O)c2ccc(Cl)cc2)NC(=S)N(c2ccc(Cl)cc2)C1=O. The maximum Gasteiger partial charge on any atom is 0.261 e. The quantitative estimate of drug-likeness (QED) is 0.796. The van der Waals surface area contributed by atoms with Crippen LogP contribution in [0.5, 0.6) is 0 Å². The summed E-state index contributed by atoms with van der Waals surface area (Å²) in [7, 11) is 0. The summed E-state index contributed by atoms with van der Waals surface area (Å²) in [5, 5.41) is 15.0. The minimum Gasteiger partial charge on any atom is -0.385 e. The normalized spacial score (nSPS) is 21.8. The van der Waals surface area contributed by atoms with E-state index in [-0.39, 0.29) is 11.0 Å². The third-order valence-corrected chi connectivity index (χ3v) is 4.82. The third kappa shape index (κ3) is 2.89. The highest BCUT2D eigenvalue weighted by molar-refractivity contribution is 7.80. The Balaban J connectivity index is 1.94. The number of aliphatic hydroxyl groups excluding tert-OH is 1. The Bertz CT molecular complexity index is 795. The molecular formula is C17H14Cl2N2O2S. The Kier molecular flexibility index (Phi) is 4.53. The number of hydrogen-bond acceptors (Lipinski definition) is 3. The second-order valence-corrected chi connectivity index (χ2v) is 6.96. The van der Waals surface area contributed by atoms with E-state index in [0.717, 1.165) is 0 Å². The van der Waals surface area contributed by atoms with Gasteiger partial charge in [0, 0.05) is 10.0 Å². The van der Waals surface area contributed by atoms with E-state index in [9.17, 15) is 9.90 Å². The lowest BCUT2D eigenvalue weighted by atomic mass is 9.89. The minimum absolute atomic E-state index is 0.234. The van der Waals surface area contributed by atoms with Crippen molar-refractivity contribution in [2.45, 2.75) is 18.6 Å². The lowest BCUT2D eigenvalue weighted by Crippen LogP contribution is -2.49. The number of benzene rings is 2. The van der Waals surface area contributed by atoms with Crippen LogP contribution in [0.15, 0.2) is 48.5 Å². The zero-order valence-electron chi connectivity index (χ0n) is 12.7. The molecule has 1 aliphatic heterocycles. The van der Waals surface area contributed by atoms with Gasteiger partial charge in [-0.3, -0.25) is 9.69 Å². The number of aliphatic hydroxyl groups is 1. The maximum atomic E-state index is 13.0. The van der Waals surface area contributed by atoms with Gasteiger partial charge in [0.15, 0.2) is 5.11 Å². The first-order valence-electron chi connectivity index (χ1n) is 7.19. The molecule has 0 unspecified atom stereocenters. The number of anilines is 1. The number of carbonyl (C=O) groups excluding carboxylic acids is 1. The third-order valence-electron chi connectivity index (χ3n) is 4.03. The fourth-order valence-corrected chi connectivity index (χ4v) is 3.30. The number of carbonyl (C=O) groups is 1. The number of hydrogen-bond donors (Lipinski definition) is 2. The fraction of sp³-hybridized carbons (Fsp3) is 0.176. The number of rotatable bonds is 3. The summed E-state index contributed by atoms with van der Waals surface area (Å²) in [6.07, 6.45) is -1.09. The molecule has 2 atom stereocenters. The molecule has 0 aromatic heterocycles. The first-order chi connectivity index (χ1) is 11.3. The van der Waals surface area contributed by atoms with Crippen molar-refractivity contribution in [3.8, 4) is 0 Å². The van der Waals surface area contributed by atoms with Crippen molar-refractivity contribution in [2.75, 3.05) is 4.90 Å². The predicted octanol–water partition coefficient (Wildman–Crippen LogP) is 3.71. The Morgan fingerprint density at radius 3 is 2.12 bits per heavy atom. The molecule has 4 nitrogen and oxygen atoms in total. The molecule has 7 heteroatoms. The van der Waals surface area contributed by atoms with Crippen molar-refractivity contribution in [3.63, 3.8) is 0 Å². The van der Waals surface area contributed by atoms with Crippen LogP contribution in [0, 0.1) is 0 Å². The molecule has 1 heterocycles. The van der Waals surface area contributed by atoms with Gasteiger partial charge in [0.1, 0.15) is 11.6 Å². The second kappa shape index (κ2) is 6.33. The Morgan fingerprint density at radius 2 is 1.58 bits per heavy atom. The monoisotopic (exact) mass is 380 g/mol. The van der Waals surface area contributed by atoms with Gasteiger partial charge in [-0.05, 0) is 61.1 Å². The lowest BCUT2D eigenvalue weighted by Gasteiger charge is -2.28. The number of nitrogens with one attached hydrogen (secondary N) is 1. The van der Waals surface area contributed by atoms with E-state index in [4.69, 9.17) is 35.4 Å². The van der Waals surface area contributed by atoms with E-state index in [1.807, 2.05) is 0 Å². The van der Waals surface area contributed by atoms with Gasteiger partial charge in [0.05, 0.1) is 5.69 Å². The zero-order valence-corrected chi connectivity index (χ0v) is 15.0. The first kappa shape index (κ1) is 17.2. The highest BCUT2D eigenvalue weighted by atomic mass is 35.5. The molecule has 124 valence electrons. The summed E-state index contributed by atoms with van der Waals surface area (Å²) in [5.41, 5.74) is -0.109. The molecule has 2 aromatic carbocycles. The standard InChI is InChI=1S/C17H14Cl2N2O2S/c1-17(14(22)10-2-4-11(18)5-3-10)15(23)21(16(24)20-17)13-8-6-12(19)7-9-13/h2-9,14,22H,1H3,(H,20,24)/t14-,17+/m0/s1. The average Bonchev–Trinajstić information content (AvgIpc) is 2.79. The Labute approximate surface area is 155 Å². The van der Waals surface area contributed by atoms with Crippen molar-refractivity contribution in [3.05, 3.63) is 64.1 Å². The van der Waals surface area contributed by atoms with E-state index in [0.29, 0.717) is 21.3 Å². The molecule has 1 saturated heterocycles. The summed E-state index contributed by atoms with van der Waals surface area (Å²) in [5.74, 6) is -0.336. The van der Waals surface area contributed by atoms with Gasteiger partial charge in [-0.15, -0.1) is 0 Å². The molecular weight excluding hydrogens is 367 g/mol. The van der Waals surface area contributed by atoms with Crippen LogP contribution in [0.25, 0.3) is 0 Å². The smallest absolute Gasteiger partial charge is 0.261 e. The Hall–Kier alpha value is -1.66. The molecule has 24 heavy (non-hydrogen) atoms. The number of thiocarbonyl (C=S) groups is 1. The van der Waals surface area contributed by atoms with E-state index in [2.05, 4.69) is 5.32 Å². The van der Waals surface area contributed by atoms with Crippen molar-refractivity contribution in [1.29, 1.82) is 0 Å². The van der Waals surface area contributed by atoms with E-state index >= 15 is 0 Å². The van der Waals surface area contributed by atoms with E-state index < -0.39 is 11.6 Å². The summed E-state index contributed by atoms with van der Waals surface area (Å²) in [6, 6.07) is 13.5. The van der Waals surface area contributed by atoms with Crippen LogP contribution >= 0.6 is 35.4 Å². The summed E-state index contributed by atoms with van der Waals surface area (Å²) in [4.78, 5) is 14.3. The van der Waals surface area contributed by atoms with Gasteiger partial charge in [0.2, 0.25) is 0 Å². The average molecular weight is 381 g/mol. The van der Waals surface area contributed by atoms with Crippen LogP contribution in [-0.4, -0.2) is 21.7 Å². The molecule has 1 aliphatic rings. The molecule has 0 aliphatic carbocycles. The van der Waals surface area contributed by atoms with Gasteiger partial charge in [-0.1, -0.05) is 35.3 Å². The number of amides is 1. The van der Waals surface area contributed by atoms with Crippen molar-refractivity contribution < 1.29 is 9.90 Å². The fourth-order valence-electron chi connectivity index (χ4n) is 2.64. The number of nitrogens with zero attached hydrogens (tertiary/aromatic N) is 1. The maximum absolute atomic E-state index is 13.0. The van der Waals surface area contributed by atoms with E-state index in [1.165, 1.54) is 4.90 Å². The second-order valence-electron chi connectivity index (χ2n) is 5.70. The molecule has 0 spiro atoms. The van der Waals surface area contributed by atoms with Gasteiger partial charge in [0.25, 0.3) is 5.91 Å². The van der Waals surface area contributed by atoms with Gasteiger partial charge in [-0.25, -0.2) is 0 Å². The minimum atomic E-state index is -1.27. The highest BCUT2D eigenvalue weighted by Crippen LogP contribution is 2.34. The highest BCUT2D eigenvalue weighted by Gasteiger charge is 2.51. The topological polar surface area (TPSA) is 52.6 Å². The van der Waals surface area contributed by atoms with Crippen LogP contribution < -0.4 is 10.2 Å². The van der Waals surface area contributed by atoms with Crippen LogP contribution in [0.1, 0.15) is 18.6 Å². The van der Waals surface area contributed by atoms with Crippen LogP contribution in [0.3, 0.4) is 0 Å². The molecule has 2 N–H and O–H groups in total. The predicted molar refractivity (Wildman–Crippen MR) is 99.5 cm³/mol. The molecule has 2 aromatic rings. The van der Waals surface area contributed by atoms with Crippen LogP contribution in [-0.2, 0) is 4.79 Å². The zero-order chi connectivity index (χ0) is 17.5. The van der Waals surface area contributed by atoms with E-state index in [1.54, 1.807) is 55.5 Å². The molecule has 0 bridgehead atoms. The molecule has 1 fully saturated rings. The van der Waals surface area contributed by atoms with Crippen LogP contribution in [0.4, 0.5) is 5.69 Å². The summed E-state index contributed by atoms with van der Waals surface area (Å²) >= 11 is 17.1. The number of halogens is 2. The molecule has 1 amide bonds. The first-order valence-corrected chi connectivity index (χ1v) is 8.35. The molecule has 3 rings (SSSR count). The Morgan fingerprint density at radius 1 is 1.08 bits per heavy atom. The lowest BCUT2D eigenvalue weighted by molar-refractivity contribution is -0.125. The summed E-state index contributed by atoms with van der Waals surface area (Å²) in [6.45, 7) is 1.62. The van der Waals surface area contributed by atoms with Gasteiger partial charge >= 0.3 is 0 Å². The van der Waals surface area contributed by atoms with Crippen molar-refractivity contribution in [1.82, 2.24) is 5.32 Å². The largest absolute Gasteiger partial charge is 0.385 e. The summed E-state index contributed by atoms with van der Waals surface area (Å²) < 4.78 is 0. The molecule has 0 saturated carbocycles. The van der Waals surface area contributed by atoms with Gasteiger partial charge in [-0.2, -0.15) is 0 Å². The van der Waals surface area contributed by atoms with Crippen molar-refractivity contribution in [2.24, 2.45) is 0 Å². The van der Waals surface area contributed by atoms with Crippen molar-refractivity contribution >= 4 is 52.1 Å². The van der Waals surface area contributed by atoms with Gasteiger partial charge < -0.3 is 10.4 Å².